The van der Waals surface area contributed by atoms with E-state index >= 15 is 0 Å². The Bertz CT molecular complexity index is 1780. The van der Waals surface area contributed by atoms with E-state index in [4.69, 9.17) is 14.2 Å². The van der Waals surface area contributed by atoms with Gasteiger partial charge in [-0.15, -0.1) is 0 Å². The van der Waals surface area contributed by atoms with Crippen molar-refractivity contribution in [2.45, 2.75) is 23.1 Å². The molecule has 4 heterocycles. The molecular weight excluding hydrogens is 528 g/mol. The van der Waals surface area contributed by atoms with Crippen molar-refractivity contribution in [2.75, 3.05) is 0 Å². The molecule has 4 aromatic rings. The van der Waals surface area contributed by atoms with Crippen LogP contribution in [0.15, 0.2) is 97.1 Å². The number of carbonyl (C=O) groups excluding carboxylic acids is 4. The molecule has 0 saturated heterocycles. The van der Waals surface area contributed by atoms with E-state index in [1.54, 1.807) is 24.3 Å². The quantitative estimate of drug-likeness (QED) is 0.341. The Kier molecular flexibility index (Phi) is 4.45. The molecule has 0 fully saturated rings. The van der Waals surface area contributed by atoms with E-state index in [2.05, 4.69) is 0 Å². The highest BCUT2D eigenvalue weighted by molar-refractivity contribution is 6.18. The Balaban J connectivity index is 1.56. The summed E-state index contributed by atoms with van der Waals surface area (Å²) < 4.78 is 18.5. The van der Waals surface area contributed by atoms with Crippen LogP contribution in [0.2, 0.25) is 0 Å². The van der Waals surface area contributed by atoms with Crippen LogP contribution in [-0.4, -0.2) is 33.3 Å². The zero-order chi connectivity index (χ0) is 28.4. The first-order valence-corrected chi connectivity index (χ1v) is 12.8. The first-order valence-electron chi connectivity index (χ1n) is 12.8. The van der Waals surface area contributed by atoms with Crippen LogP contribution in [0.25, 0.3) is 0 Å². The van der Waals surface area contributed by atoms with Crippen molar-refractivity contribution < 1.29 is 43.6 Å². The second kappa shape index (κ2) is 7.55. The molecule has 200 valence electrons. The molecule has 8 rings (SSSR count). The van der Waals surface area contributed by atoms with Crippen molar-refractivity contribution >= 4 is 23.1 Å². The second-order valence-corrected chi connectivity index (χ2v) is 10.3. The molecular formula is C32H18O9. The predicted octanol–water partition coefficient (Wildman–Crippen LogP) is 3.22. The lowest BCUT2D eigenvalue weighted by molar-refractivity contribution is -0.394. The molecule has 4 aliphatic rings. The number of benzene rings is 4. The van der Waals surface area contributed by atoms with Gasteiger partial charge in [-0.2, -0.15) is 0 Å². The van der Waals surface area contributed by atoms with Gasteiger partial charge in [0, 0.05) is 44.5 Å². The number of ether oxygens (including phenoxy) is 3. The van der Waals surface area contributed by atoms with Gasteiger partial charge in [0.2, 0.25) is 23.1 Å². The van der Waals surface area contributed by atoms with Gasteiger partial charge in [-0.25, -0.2) is 0 Å². The summed E-state index contributed by atoms with van der Waals surface area (Å²) in [6.07, 6.45) is 0. The van der Waals surface area contributed by atoms with Gasteiger partial charge >= 0.3 is 0 Å². The largest absolute Gasteiger partial charge is 0.356 e. The van der Waals surface area contributed by atoms with Crippen molar-refractivity contribution in [1.29, 1.82) is 0 Å². The third kappa shape index (κ3) is 2.67. The predicted molar refractivity (Wildman–Crippen MR) is 137 cm³/mol. The van der Waals surface area contributed by atoms with Crippen molar-refractivity contribution in [3.8, 4) is 0 Å². The third-order valence-corrected chi connectivity index (χ3v) is 8.21. The number of carbonyl (C=O) groups is 4. The average Bonchev–Trinajstić information content (AvgIpc) is 3.27. The zero-order valence-electron chi connectivity index (χ0n) is 21.0. The number of Topliss-reactive ketones (excluding diaryl/α,β-unsaturated/α-hetero) is 4. The maximum Gasteiger partial charge on any atom is 0.267 e. The van der Waals surface area contributed by atoms with Crippen LogP contribution in [-0.2, 0) is 37.4 Å². The normalized spacial score (nSPS) is 31.0. The highest BCUT2D eigenvalue weighted by atomic mass is 16.8. The topological polar surface area (TPSA) is 136 Å². The fourth-order valence-electron chi connectivity index (χ4n) is 6.37. The van der Waals surface area contributed by atoms with E-state index in [1.807, 2.05) is 0 Å². The minimum absolute atomic E-state index is 0.0258. The van der Waals surface area contributed by atoms with Crippen LogP contribution >= 0.6 is 0 Å². The van der Waals surface area contributed by atoms with E-state index in [0.717, 1.165) is 0 Å². The SMILES string of the molecule is O=C1c2ccccc2C(=O)C2(O)OC3(OC4(OC1(O)c1ccccc1C4=O)c1ccccc13)C(=O)c1ccccc12. The van der Waals surface area contributed by atoms with Crippen LogP contribution in [0.5, 0.6) is 0 Å². The Morgan fingerprint density at radius 2 is 0.707 bits per heavy atom. The Morgan fingerprint density at radius 3 is 1.10 bits per heavy atom. The van der Waals surface area contributed by atoms with Crippen LogP contribution in [0.3, 0.4) is 0 Å². The summed E-state index contributed by atoms with van der Waals surface area (Å²) >= 11 is 0. The number of ketones is 4. The first-order chi connectivity index (χ1) is 19.7. The fourth-order valence-corrected chi connectivity index (χ4v) is 6.37. The van der Waals surface area contributed by atoms with Gasteiger partial charge in [-0.1, -0.05) is 97.1 Å². The minimum atomic E-state index is -2.85. The van der Waals surface area contributed by atoms with Crippen LogP contribution in [0.1, 0.15) is 63.7 Å². The average molecular weight is 546 g/mol. The summed E-state index contributed by atoms with van der Waals surface area (Å²) in [7, 11) is 0. The van der Waals surface area contributed by atoms with Crippen molar-refractivity contribution in [3.05, 3.63) is 142 Å². The van der Waals surface area contributed by atoms with E-state index in [0.29, 0.717) is 0 Å². The lowest BCUT2D eigenvalue weighted by Crippen LogP contribution is -2.58. The first kappa shape index (κ1) is 24.2. The van der Waals surface area contributed by atoms with Crippen molar-refractivity contribution in [1.82, 2.24) is 0 Å². The molecule has 2 N–H and O–H groups in total. The van der Waals surface area contributed by atoms with Gasteiger partial charge in [0.25, 0.3) is 23.1 Å². The monoisotopic (exact) mass is 546 g/mol. The molecule has 0 amide bonds. The standard InChI is InChI=1S/C32H18O9/c33-25-17-9-1-2-10-18(17)26(34)30(38)22-14-6-4-12-20(22)28(36)32(40-30)24-16-8-7-15-23(24)31(41-32)27(35)19-11-3-5-13-21(19)29(25,37)39-31/h1-16,37-38H. The molecule has 4 bridgehead atoms. The number of rotatable bonds is 0. The molecule has 0 saturated carbocycles. The molecule has 41 heavy (non-hydrogen) atoms. The third-order valence-electron chi connectivity index (χ3n) is 8.21. The Labute approximate surface area is 231 Å². The summed E-state index contributed by atoms with van der Waals surface area (Å²) in [5, 5.41) is 24.3. The van der Waals surface area contributed by atoms with Crippen molar-refractivity contribution in [2.24, 2.45) is 0 Å². The molecule has 9 nitrogen and oxygen atoms in total. The summed E-state index contributed by atoms with van der Waals surface area (Å²) in [5.74, 6) is -14.6. The Morgan fingerprint density at radius 1 is 0.390 bits per heavy atom. The number of hydrogen-bond acceptors (Lipinski definition) is 9. The van der Waals surface area contributed by atoms with E-state index < -0.39 is 46.3 Å². The van der Waals surface area contributed by atoms with Gasteiger partial charge < -0.3 is 10.2 Å². The molecule has 0 aromatic heterocycles. The minimum Gasteiger partial charge on any atom is -0.356 e. The van der Waals surface area contributed by atoms with Gasteiger partial charge in [0.1, 0.15) is 0 Å². The molecule has 4 unspecified atom stereocenters. The smallest absolute Gasteiger partial charge is 0.267 e. The maximum absolute atomic E-state index is 14.3. The number of hydrogen-bond donors (Lipinski definition) is 2. The summed E-state index contributed by atoms with van der Waals surface area (Å²) in [4.78, 5) is 57.2. The zero-order valence-corrected chi connectivity index (χ0v) is 21.0. The highest BCUT2D eigenvalue weighted by Gasteiger charge is 2.72. The molecule has 4 aromatic carbocycles. The molecule has 2 spiro atoms. The summed E-state index contributed by atoms with van der Waals surface area (Å²) in [6, 6.07) is 23.2. The Hall–Kier alpha value is -4.64. The second-order valence-electron chi connectivity index (χ2n) is 10.3. The van der Waals surface area contributed by atoms with Gasteiger partial charge in [-0.05, 0) is 0 Å². The summed E-state index contributed by atoms with van der Waals surface area (Å²) in [6.45, 7) is 0. The lowest BCUT2D eigenvalue weighted by Gasteiger charge is -2.45. The number of fused-ring (bicyclic) bond motifs is 8. The van der Waals surface area contributed by atoms with E-state index in [-0.39, 0.29) is 44.5 Å². The van der Waals surface area contributed by atoms with Crippen LogP contribution < -0.4 is 0 Å². The lowest BCUT2D eigenvalue weighted by atomic mass is 9.79. The van der Waals surface area contributed by atoms with E-state index in [9.17, 15) is 29.4 Å². The van der Waals surface area contributed by atoms with Crippen LogP contribution in [0, 0.1) is 0 Å². The molecule has 9 heteroatoms. The van der Waals surface area contributed by atoms with Gasteiger partial charge in [0.15, 0.2) is 0 Å². The molecule has 0 aliphatic carbocycles. The molecule has 4 aliphatic heterocycles. The number of aliphatic hydroxyl groups is 2. The molecule has 0 radical (unpaired) electrons. The van der Waals surface area contributed by atoms with Gasteiger partial charge in [0.05, 0.1) is 0 Å². The fraction of sp³-hybridized carbons (Fsp3) is 0.125. The van der Waals surface area contributed by atoms with E-state index in [1.165, 1.54) is 72.8 Å². The highest BCUT2D eigenvalue weighted by Crippen LogP contribution is 2.60. The van der Waals surface area contributed by atoms with Crippen molar-refractivity contribution in [3.63, 3.8) is 0 Å². The molecule has 4 atom stereocenters. The summed E-state index contributed by atoms with van der Waals surface area (Å²) in [5.41, 5.74) is -1.17. The van der Waals surface area contributed by atoms with Crippen LogP contribution in [0.4, 0.5) is 0 Å². The van der Waals surface area contributed by atoms with Gasteiger partial charge in [-0.3, -0.25) is 33.4 Å². The maximum atomic E-state index is 14.3.